The zero-order chi connectivity index (χ0) is 23.4. The Labute approximate surface area is 195 Å². The standard InChI is InChI=1S/C27H31N3O3/c1-29(2)22-11-9-20(10-12-22)26(30-14-13-19-7-5-6-8-25(19)30)18-28-27(31)21-15-23(32-3)17-24(16-21)33-4/h5-12,15-17,26H,13-14,18H2,1-4H3,(H,28,31)/t26-/m1/s1. The number of nitrogens with one attached hydrogen (secondary N) is 1. The van der Waals surface area contributed by atoms with Gasteiger partial charge in [0.15, 0.2) is 0 Å². The van der Waals surface area contributed by atoms with Gasteiger partial charge in [-0.2, -0.15) is 0 Å². The monoisotopic (exact) mass is 445 g/mol. The van der Waals surface area contributed by atoms with Crippen LogP contribution in [-0.2, 0) is 6.42 Å². The maximum atomic E-state index is 13.1. The summed E-state index contributed by atoms with van der Waals surface area (Å²) in [5.74, 6) is 1.02. The molecule has 1 amide bonds. The van der Waals surface area contributed by atoms with Gasteiger partial charge >= 0.3 is 0 Å². The average molecular weight is 446 g/mol. The number of carbonyl (C=O) groups excluding carboxylic acids is 1. The molecule has 3 aromatic carbocycles. The molecule has 1 aliphatic rings. The van der Waals surface area contributed by atoms with Gasteiger partial charge in [0.05, 0.1) is 20.3 Å². The molecule has 33 heavy (non-hydrogen) atoms. The van der Waals surface area contributed by atoms with Crippen LogP contribution in [0.15, 0.2) is 66.7 Å². The highest BCUT2D eigenvalue weighted by molar-refractivity contribution is 5.95. The van der Waals surface area contributed by atoms with Gasteiger partial charge in [-0.25, -0.2) is 0 Å². The average Bonchev–Trinajstić information content (AvgIpc) is 3.28. The molecular formula is C27H31N3O3. The Morgan fingerprint density at radius 2 is 1.67 bits per heavy atom. The van der Waals surface area contributed by atoms with E-state index in [2.05, 4.69) is 63.6 Å². The summed E-state index contributed by atoms with van der Waals surface area (Å²) in [6.45, 7) is 1.40. The summed E-state index contributed by atoms with van der Waals surface area (Å²) >= 11 is 0. The lowest BCUT2D eigenvalue weighted by atomic mass is 10.0. The molecule has 1 heterocycles. The van der Waals surface area contributed by atoms with E-state index in [1.54, 1.807) is 32.4 Å². The molecule has 0 spiro atoms. The first-order chi connectivity index (χ1) is 16.0. The number of fused-ring (bicyclic) bond motifs is 1. The first-order valence-corrected chi connectivity index (χ1v) is 11.1. The molecular weight excluding hydrogens is 414 g/mol. The van der Waals surface area contributed by atoms with Gasteiger partial charge in [-0.3, -0.25) is 4.79 Å². The fourth-order valence-corrected chi connectivity index (χ4v) is 4.32. The van der Waals surface area contributed by atoms with Crippen molar-refractivity contribution in [2.75, 3.05) is 51.2 Å². The first-order valence-electron chi connectivity index (χ1n) is 11.1. The molecule has 0 unspecified atom stereocenters. The van der Waals surface area contributed by atoms with E-state index in [0.717, 1.165) is 18.7 Å². The van der Waals surface area contributed by atoms with Crippen molar-refractivity contribution in [1.29, 1.82) is 0 Å². The molecule has 1 aliphatic heterocycles. The molecule has 0 aromatic heterocycles. The molecule has 0 fully saturated rings. The van der Waals surface area contributed by atoms with Gasteiger partial charge in [0, 0.05) is 50.2 Å². The van der Waals surface area contributed by atoms with Crippen LogP contribution in [-0.4, -0.2) is 47.3 Å². The number of para-hydroxylation sites is 1. The van der Waals surface area contributed by atoms with E-state index < -0.39 is 0 Å². The number of ether oxygens (including phenoxy) is 2. The lowest BCUT2D eigenvalue weighted by Crippen LogP contribution is -2.37. The quantitative estimate of drug-likeness (QED) is 0.560. The minimum Gasteiger partial charge on any atom is -0.497 e. The molecule has 1 N–H and O–H groups in total. The number of amides is 1. The number of rotatable bonds is 8. The van der Waals surface area contributed by atoms with E-state index in [1.807, 2.05) is 14.1 Å². The van der Waals surface area contributed by atoms with Gasteiger partial charge in [0.2, 0.25) is 0 Å². The summed E-state index contributed by atoms with van der Waals surface area (Å²) in [5, 5.41) is 3.14. The van der Waals surface area contributed by atoms with Crippen LogP contribution >= 0.6 is 0 Å². The number of nitrogens with zero attached hydrogens (tertiary/aromatic N) is 2. The van der Waals surface area contributed by atoms with Crippen LogP contribution in [0.1, 0.15) is 27.5 Å². The molecule has 6 heteroatoms. The van der Waals surface area contributed by atoms with Crippen LogP contribution in [0, 0.1) is 0 Å². The Hall–Kier alpha value is -3.67. The van der Waals surface area contributed by atoms with Gasteiger partial charge in [-0.1, -0.05) is 30.3 Å². The Morgan fingerprint density at radius 1 is 1.00 bits per heavy atom. The minimum atomic E-state index is -0.158. The zero-order valence-electron chi connectivity index (χ0n) is 19.7. The van der Waals surface area contributed by atoms with Crippen LogP contribution in [0.25, 0.3) is 0 Å². The van der Waals surface area contributed by atoms with Crippen molar-refractivity contribution in [3.05, 3.63) is 83.4 Å². The van der Waals surface area contributed by atoms with Crippen LogP contribution in [0.4, 0.5) is 11.4 Å². The lowest BCUT2D eigenvalue weighted by molar-refractivity contribution is 0.0950. The molecule has 0 saturated heterocycles. The van der Waals surface area contributed by atoms with E-state index >= 15 is 0 Å². The molecule has 4 rings (SSSR count). The van der Waals surface area contributed by atoms with Crippen molar-refractivity contribution in [2.45, 2.75) is 12.5 Å². The number of methoxy groups -OCH3 is 2. The van der Waals surface area contributed by atoms with Gasteiger partial charge < -0.3 is 24.6 Å². The second kappa shape index (κ2) is 9.86. The summed E-state index contributed by atoms with van der Waals surface area (Å²) in [7, 11) is 7.22. The zero-order valence-corrected chi connectivity index (χ0v) is 19.7. The second-order valence-electron chi connectivity index (χ2n) is 8.39. The molecule has 0 radical (unpaired) electrons. The molecule has 0 saturated carbocycles. The van der Waals surface area contributed by atoms with Crippen molar-refractivity contribution in [3.8, 4) is 11.5 Å². The van der Waals surface area contributed by atoms with Crippen molar-refractivity contribution >= 4 is 17.3 Å². The third-order valence-electron chi connectivity index (χ3n) is 6.16. The predicted molar refractivity (Wildman–Crippen MR) is 133 cm³/mol. The van der Waals surface area contributed by atoms with E-state index in [1.165, 1.54) is 16.8 Å². The van der Waals surface area contributed by atoms with Crippen LogP contribution < -0.4 is 24.6 Å². The maximum Gasteiger partial charge on any atom is 0.251 e. The smallest absolute Gasteiger partial charge is 0.251 e. The number of anilines is 2. The molecule has 0 bridgehead atoms. The Bertz CT molecular complexity index is 1090. The second-order valence-corrected chi connectivity index (χ2v) is 8.39. The first kappa shape index (κ1) is 22.5. The topological polar surface area (TPSA) is 54.0 Å². The van der Waals surface area contributed by atoms with E-state index in [4.69, 9.17) is 9.47 Å². The van der Waals surface area contributed by atoms with E-state index in [9.17, 15) is 4.79 Å². The SMILES string of the molecule is COc1cc(OC)cc(C(=O)NC[C@H](c2ccc(N(C)C)cc2)N2CCc3ccccc32)c1. The summed E-state index contributed by atoms with van der Waals surface area (Å²) in [5.41, 5.74) is 5.40. The maximum absolute atomic E-state index is 13.1. The number of hydrogen-bond donors (Lipinski definition) is 1. The molecule has 172 valence electrons. The number of hydrogen-bond acceptors (Lipinski definition) is 5. The normalized spacial score (nSPS) is 13.3. The van der Waals surface area contributed by atoms with Gasteiger partial charge in [0.25, 0.3) is 5.91 Å². The highest BCUT2D eigenvalue weighted by Crippen LogP contribution is 2.35. The Balaban J connectivity index is 1.60. The summed E-state index contributed by atoms with van der Waals surface area (Å²) in [6.07, 6.45) is 1.00. The van der Waals surface area contributed by atoms with E-state index in [0.29, 0.717) is 23.6 Å². The van der Waals surface area contributed by atoms with Crippen molar-refractivity contribution < 1.29 is 14.3 Å². The molecule has 6 nitrogen and oxygen atoms in total. The van der Waals surface area contributed by atoms with Crippen LogP contribution in [0.2, 0.25) is 0 Å². The van der Waals surface area contributed by atoms with Crippen molar-refractivity contribution in [2.24, 2.45) is 0 Å². The lowest BCUT2D eigenvalue weighted by Gasteiger charge is -2.31. The largest absolute Gasteiger partial charge is 0.497 e. The van der Waals surface area contributed by atoms with Gasteiger partial charge in [-0.15, -0.1) is 0 Å². The molecule has 3 aromatic rings. The summed E-state index contributed by atoms with van der Waals surface area (Å²) in [6, 6.07) is 22.3. The Morgan fingerprint density at radius 3 is 2.30 bits per heavy atom. The predicted octanol–water partition coefficient (Wildman–Crippen LogP) is 4.30. The fraction of sp³-hybridized carbons (Fsp3) is 0.296. The summed E-state index contributed by atoms with van der Waals surface area (Å²) < 4.78 is 10.6. The molecule has 0 aliphatic carbocycles. The summed E-state index contributed by atoms with van der Waals surface area (Å²) in [4.78, 5) is 17.6. The third kappa shape index (κ3) is 4.90. The van der Waals surface area contributed by atoms with Crippen LogP contribution in [0.5, 0.6) is 11.5 Å². The highest BCUT2D eigenvalue weighted by Gasteiger charge is 2.27. The third-order valence-corrected chi connectivity index (χ3v) is 6.16. The number of carbonyl (C=O) groups is 1. The van der Waals surface area contributed by atoms with E-state index in [-0.39, 0.29) is 11.9 Å². The van der Waals surface area contributed by atoms with Crippen LogP contribution in [0.3, 0.4) is 0 Å². The highest BCUT2D eigenvalue weighted by atomic mass is 16.5. The van der Waals surface area contributed by atoms with Gasteiger partial charge in [-0.05, 0) is 47.9 Å². The minimum absolute atomic E-state index is 0.0151. The molecule has 1 atom stereocenters. The van der Waals surface area contributed by atoms with Crippen molar-refractivity contribution in [3.63, 3.8) is 0 Å². The van der Waals surface area contributed by atoms with Gasteiger partial charge in [0.1, 0.15) is 11.5 Å². The number of benzene rings is 3. The van der Waals surface area contributed by atoms with Crippen molar-refractivity contribution in [1.82, 2.24) is 5.32 Å². The fourth-order valence-electron chi connectivity index (χ4n) is 4.32. The Kier molecular flexibility index (Phi) is 6.73.